The van der Waals surface area contributed by atoms with Crippen molar-refractivity contribution >= 4 is 98.9 Å². The highest BCUT2D eigenvalue weighted by Gasteiger charge is 2.61. The van der Waals surface area contributed by atoms with Gasteiger partial charge in [-0.3, -0.25) is 33.8 Å². The van der Waals surface area contributed by atoms with Crippen LogP contribution in [0.3, 0.4) is 0 Å². The van der Waals surface area contributed by atoms with Gasteiger partial charge in [-0.25, -0.2) is 69.2 Å². The van der Waals surface area contributed by atoms with E-state index >= 15 is 8.78 Å². The normalized spacial score (nSPS) is 30.1. The van der Waals surface area contributed by atoms with E-state index in [1.54, 1.807) is 5.48 Å². The van der Waals surface area contributed by atoms with Gasteiger partial charge >= 0.3 is 70.4 Å². The molecule has 3 fully saturated rings. The number of amidine groups is 2. The molecule has 6 unspecified atom stereocenters. The van der Waals surface area contributed by atoms with E-state index < -0.39 is 182 Å². The number of aliphatic hydroxyl groups is 3. The lowest BCUT2D eigenvalue weighted by Crippen LogP contribution is -2.48. The van der Waals surface area contributed by atoms with Crippen LogP contribution in [-0.4, -0.2) is 228 Å². The fourth-order valence-corrected chi connectivity index (χ4v) is 17.9. The van der Waals surface area contributed by atoms with Crippen molar-refractivity contribution in [2.75, 3.05) is 52.2 Å². The molecule has 5 aliphatic heterocycles. The molecule has 7 rings (SSSR count). The summed E-state index contributed by atoms with van der Waals surface area (Å²) in [4.78, 5) is 133. The van der Waals surface area contributed by atoms with Crippen molar-refractivity contribution in [2.45, 2.75) is 79.7 Å². The average Bonchev–Trinajstić information content (AvgIpc) is 1.62. The van der Waals surface area contributed by atoms with E-state index in [1.807, 2.05) is 0 Å². The average molecular weight is 1690 g/mol. The van der Waals surface area contributed by atoms with E-state index in [0.717, 1.165) is 33.0 Å². The van der Waals surface area contributed by atoms with Gasteiger partial charge in [0, 0.05) is 40.4 Å². The number of anilines is 1. The van der Waals surface area contributed by atoms with Crippen LogP contribution < -0.4 is 16.5 Å². The molecular formula is C36H59F3N19O37P9. The minimum Gasteiger partial charge on any atom is -0.397 e. The summed E-state index contributed by atoms with van der Waals surface area (Å²) in [6.07, 6.45) is -11.0. The molecule has 0 spiro atoms. The number of ether oxygens (including phenoxy) is 3. The number of hydrogen-bond donors (Lipinski definition) is 19. The van der Waals surface area contributed by atoms with E-state index in [4.69, 9.17) is 71.1 Å². The third-order valence-corrected chi connectivity index (χ3v) is 24.2. The maximum absolute atomic E-state index is 15.1. The topological polar surface area (TPSA) is 846 Å². The maximum Gasteiger partial charge on any atom is 0.490 e. The Labute approximate surface area is 576 Å². The molecular weight excluding hydrogens is 1630 g/mol. The zero-order chi connectivity index (χ0) is 78.1. The Kier molecular flexibility index (Phi) is 30.9. The number of nitrogen functional groups attached to an aromatic ring is 1. The van der Waals surface area contributed by atoms with Crippen molar-refractivity contribution in [3.8, 4) is 0 Å². The molecule has 0 amide bonds. The number of phosphoric ester groups is 3. The molecule has 0 saturated carbocycles. The lowest BCUT2D eigenvalue weighted by atomic mass is 9.97. The van der Waals surface area contributed by atoms with Gasteiger partial charge in [-0.2, -0.15) is 25.9 Å². The van der Waals surface area contributed by atoms with Crippen LogP contribution in [0.15, 0.2) is 93.3 Å². The number of nitrogens with zero attached hydrogens (tertiary/aromatic N) is 16. The summed E-state index contributed by atoms with van der Waals surface area (Å²) < 4.78 is 200. The summed E-state index contributed by atoms with van der Waals surface area (Å²) in [6, 6.07) is 1.42. The van der Waals surface area contributed by atoms with E-state index in [9.17, 15) is 90.2 Å². The molecule has 586 valence electrons. The molecule has 20 N–H and O–H groups in total. The Hall–Kier alpha value is -5.41. The van der Waals surface area contributed by atoms with Crippen molar-refractivity contribution in [3.05, 3.63) is 99.3 Å². The molecule has 18 atom stereocenters. The van der Waals surface area contributed by atoms with Crippen LogP contribution >= 0.6 is 70.4 Å². The van der Waals surface area contributed by atoms with Crippen molar-refractivity contribution in [1.82, 2.24) is 35.1 Å². The number of aliphatic imine (C=N–C) groups is 2. The molecule has 5 aliphatic rings. The molecule has 104 heavy (non-hydrogen) atoms. The lowest BCUT2D eigenvalue weighted by Gasteiger charge is -2.34. The minimum atomic E-state index is -5.85. The fourth-order valence-electron chi connectivity index (χ4n) is 8.69. The molecule has 0 aromatic carbocycles. The summed E-state index contributed by atoms with van der Waals surface area (Å²) >= 11 is 0. The van der Waals surface area contributed by atoms with Crippen LogP contribution in [0.1, 0.15) is 13.7 Å². The number of aliphatic hydroxyl groups excluding tert-OH is 3. The molecule has 0 bridgehead atoms. The number of nitrogens with one attached hydrogen (secondary N) is 2. The van der Waals surface area contributed by atoms with Gasteiger partial charge in [-0.05, 0) is 34.8 Å². The number of imidazole rings is 1. The van der Waals surface area contributed by atoms with Gasteiger partial charge in [0.15, 0.2) is 48.7 Å². The second-order valence-electron chi connectivity index (χ2n) is 20.0. The van der Waals surface area contributed by atoms with Gasteiger partial charge in [-0.15, -0.1) is 0 Å². The van der Waals surface area contributed by atoms with E-state index in [-0.39, 0.29) is 41.8 Å². The smallest absolute Gasteiger partial charge is 0.397 e. The Balaban J connectivity index is 0.000000329. The number of hydroxylamine groups is 1. The molecule has 2 aromatic rings. The van der Waals surface area contributed by atoms with Crippen molar-refractivity contribution < 1.29 is 187 Å². The molecule has 7 heterocycles. The van der Waals surface area contributed by atoms with Crippen LogP contribution in [0, 0.1) is 0 Å². The minimum absolute atomic E-state index is 0. The highest BCUT2D eigenvalue weighted by Crippen LogP contribution is 2.69. The van der Waals surface area contributed by atoms with Gasteiger partial charge in [0.1, 0.15) is 58.1 Å². The molecule has 56 nitrogen and oxygen atoms in total. The monoisotopic (exact) mass is 1690 g/mol. The number of alkyl halides is 3. The highest BCUT2D eigenvalue weighted by molar-refractivity contribution is 7.67. The van der Waals surface area contributed by atoms with E-state index in [2.05, 4.69) is 108 Å². The summed E-state index contributed by atoms with van der Waals surface area (Å²) in [5.41, 5.74) is 26.7. The van der Waals surface area contributed by atoms with Crippen molar-refractivity contribution in [3.63, 3.8) is 0 Å². The molecule has 2 aromatic heterocycles. The van der Waals surface area contributed by atoms with Crippen LogP contribution in [0.4, 0.5) is 18.9 Å². The number of hydrogen-bond acceptors (Lipinski definition) is 36. The van der Waals surface area contributed by atoms with Gasteiger partial charge < -0.3 is 109 Å². The van der Waals surface area contributed by atoms with E-state index in [0.29, 0.717) is 5.84 Å². The Morgan fingerprint density at radius 2 is 0.971 bits per heavy atom. The number of rotatable bonds is 30. The number of halogens is 3. The number of fused-ring (bicyclic) bond motifs is 1. The predicted molar refractivity (Wildman–Crippen MR) is 330 cm³/mol. The summed E-state index contributed by atoms with van der Waals surface area (Å²) in [5.74, 6) is 0.160. The van der Waals surface area contributed by atoms with E-state index in [1.165, 1.54) is 31.6 Å². The van der Waals surface area contributed by atoms with Gasteiger partial charge in [0.25, 0.3) is 0 Å². The first-order chi connectivity index (χ1) is 47.2. The van der Waals surface area contributed by atoms with Crippen LogP contribution in [-0.2, 0) is 94.7 Å². The first-order valence-corrected chi connectivity index (χ1v) is 39.7. The van der Waals surface area contributed by atoms with Gasteiger partial charge in [0.2, 0.25) is 0 Å². The van der Waals surface area contributed by atoms with Gasteiger partial charge in [0.05, 0.1) is 51.5 Å². The summed E-state index contributed by atoms with van der Waals surface area (Å²) in [6.45, 7) is 0.718. The first kappa shape index (κ1) is 91.0. The zero-order valence-electron chi connectivity index (χ0n) is 50.5. The molecule has 0 radical (unpaired) electrons. The predicted octanol–water partition coefficient (Wildman–Crippen LogP) is 1.73. The Bertz CT molecular complexity index is 4250. The van der Waals surface area contributed by atoms with Crippen LogP contribution in [0.25, 0.3) is 42.5 Å². The molecule has 3 saturated heterocycles. The largest absolute Gasteiger partial charge is 0.490 e. The first-order valence-electron chi connectivity index (χ1n) is 26.2. The zero-order valence-corrected chi connectivity index (χ0v) is 58.6. The Morgan fingerprint density at radius 3 is 1.32 bits per heavy atom. The lowest BCUT2D eigenvalue weighted by molar-refractivity contribution is -0.126. The maximum atomic E-state index is 15.1. The summed E-state index contributed by atoms with van der Waals surface area (Å²) in [5, 5.41) is 52.5. The van der Waals surface area contributed by atoms with Crippen molar-refractivity contribution in [2.24, 2.45) is 25.3 Å². The molecule has 0 aliphatic carbocycles. The number of azide groups is 3. The number of aromatic nitrogens is 3. The van der Waals surface area contributed by atoms with Crippen molar-refractivity contribution in [1.29, 1.82) is 0 Å². The molecule has 68 heteroatoms. The third kappa shape index (κ3) is 24.8. The number of phosphoric acid groups is 9. The third-order valence-electron chi connectivity index (χ3n) is 12.9. The second kappa shape index (κ2) is 35.3. The second-order valence-corrected chi connectivity index (χ2v) is 33.3. The Morgan fingerprint density at radius 1 is 0.606 bits per heavy atom. The highest BCUT2D eigenvalue weighted by atomic mass is 31.3. The fraction of sp³-hybridized carbons (Fsp3) is 0.556. The van der Waals surface area contributed by atoms with Crippen LogP contribution in [0.5, 0.6) is 0 Å². The standard InChI is InChI=1S/C12H17FN7O12P3.C12H20FN6O12P3.C11H18FN6O13P3.CH4/c13-7-9(21)12(3-18-19-15,4-29-34(25,26)32-35(27,28)31-33(22,23)24)30-11(7)20-5-17-8-6(14)1-2-16-10(8)20;1-7-17-8(15-2)3-4-19(7)11-9(13)10(20)12(29-11,5-16-18-14)6-28-33(24,25)31-34(26,27)30-32(21,22)23;1-6-15-7(16-20)2-3-18(6)10-8(12)9(19)11(29-10,4-14-17-13)5-28-33(24,25)31-34(26,27)30-32(21,22)23;/h1-2,5,7,9,11,21H,3-4H2,(H2,14,16)(H,25,26)(H,27,28)(H2,22,23,24);3-4,9-11,20H,1,5-6H2,2H3,(H,15,17)(H,24,25)(H,26,27)(H2,21,22,23);2-3,8-10,19-20H,1,4-5H2,(H,15,16)(H,24,25)(H,26,27)(H2,21,22,23);1H4/t7-,9+,11-,12-;9-,10+,11-,12-;8-,9+,10-,11-;/m111./s1. The SMILES string of the molecule is C.C=C1N=C(NO)C=CN1[C@@H]1O[C@](CN=[N+]=[N-])(COP(=O)(O)OP(=O)(O)OP(=O)(O)O)[C@@H](O)[C@H]1F.C=C1NC(=NC)C=CN1[C@@H]1O[C@](CN=[N+]=[N-])(COP(=O)(O)OP(=O)(O)OP(=O)(O)O)[C@@H](O)[C@H]1F.[N-]=[N+]=NC[C@]1(COP(=O)(O)OP(=O)(O)OP(=O)(O)O)O[C@@H](n2cnc3c(N)ccnc32)[C@H](F)[C@@H]1O. The quantitative estimate of drug-likeness (QED) is 0.0174. The summed E-state index contributed by atoms with van der Waals surface area (Å²) in [7, 11) is -50.0. The number of pyridine rings is 1. The van der Waals surface area contributed by atoms with Gasteiger partial charge in [-0.1, -0.05) is 35.9 Å². The van der Waals surface area contributed by atoms with Crippen LogP contribution in [0.2, 0.25) is 0 Å². The number of nitrogens with two attached hydrogens (primary N) is 1.